The van der Waals surface area contributed by atoms with Gasteiger partial charge >= 0.3 is 0 Å². The van der Waals surface area contributed by atoms with Gasteiger partial charge in [0.25, 0.3) is 5.91 Å². The highest BCUT2D eigenvalue weighted by Crippen LogP contribution is 2.29. The largest absolute Gasteiger partial charge is 0.484 e. The molecule has 1 N–H and O–H groups in total. The van der Waals surface area contributed by atoms with Crippen LogP contribution < -0.4 is 10.1 Å². The van der Waals surface area contributed by atoms with Gasteiger partial charge < -0.3 is 14.5 Å². The van der Waals surface area contributed by atoms with Gasteiger partial charge in [0.2, 0.25) is 0 Å². The topological polar surface area (TPSA) is 69.3 Å². The smallest absolute Gasteiger partial charge is 0.291 e. The lowest BCUT2D eigenvalue weighted by atomic mass is 10.2. The number of aromatic nitrogens is 2. The number of ether oxygens (including phenoxy) is 1. The number of hydrogen-bond acceptors (Lipinski definition) is 4. The highest BCUT2D eigenvalue weighted by molar-refractivity contribution is 6.42. The molecule has 0 spiro atoms. The number of halogens is 3. The highest BCUT2D eigenvalue weighted by atomic mass is 35.5. The Morgan fingerprint density at radius 3 is 2.72 bits per heavy atom. The van der Waals surface area contributed by atoms with E-state index in [1.54, 1.807) is 47.4 Å². The van der Waals surface area contributed by atoms with Crippen LogP contribution in [0.4, 0.5) is 5.69 Å². The molecule has 6 nitrogen and oxygen atoms in total. The Hall–Kier alpha value is -2.93. The van der Waals surface area contributed by atoms with Gasteiger partial charge in [-0.3, -0.25) is 9.48 Å². The lowest BCUT2D eigenvalue weighted by molar-refractivity contribution is 0.0992. The number of aryl methyl sites for hydroxylation is 1. The lowest BCUT2D eigenvalue weighted by Crippen LogP contribution is -2.10. The van der Waals surface area contributed by atoms with Crippen molar-refractivity contribution in [3.05, 3.63) is 98.6 Å². The van der Waals surface area contributed by atoms with Crippen LogP contribution >= 0.6 is 34.8 Å². The van der Waals surface area contributed by atoms with Crippen molar-refractivity contribution in [2.75, 3.05) is 5.32 Å². The third kappa shape index (κ3) is 5.27. The fraction of sp³-hybridized carbons (Fsp3) is 0.130. The van der Waals surface area contributed by atoms with Gasteiger partial charge in [0.15, 0.2) is 5.76 Å². The molecule has 2 heterocycles. The molecule has 2 aromatic heterocycles. The molecule has 1 amide bonds. The standard InChI is InChI=1S/C23H18Cl3N3O3/c1-14-3-2-4-19(25)22(14)31-13-17-6-8-21(32-17)23(30)28-16-10-27-29(12-16)11-15-5-7-18(24)20(26)9-15/h2-10,12H,11,13H2,1H3,(H,28,30). The summed E-state index contributed by atoms with van der Waals surface area (Å²) in [7, 11) is 0. The summed E-state index contributed by atoms with van der Waals surface area (Å²) in [6.07, 6.45) is 3.27. The number of nitrogens with zero attached hydrogens (tertiary/aromatic N) is 2. The van der Waals surface area contributed by atoms with Crippen molar-refractivity contribution in [1.29, 1.82) is 0 Å². The molecule has 0 unspecified atom stereocenters. The van der Waals surface area contributed by atoms with E-state index in [2.05, 4.69) is 10.4 Å². The number of hydrogen-bond donors (Lipinski definition) is 1. The average Bonchev–Trinajstić information content (AvgIpc) is 3.40. The van der Waals surface area contributed by atoms with Crippen LogP contribution in [0.5, 0.6) is 5.75 Å². The summed E-state index contributed by atoms with van der Waals surface area (Å²) in [5.74, 6) is 0.867. The van der Waals surface area contributed by atoms with E-state index in [-0.39, 0.29) is 18.3 Å². The second kappa shape index (κ2) is 9.69. The number of benzene rings is 2. The van der Waals surface area contributed by atoms with Crippen molar-refractivity contribution >= 4 is 46.4 Å². The first-order valence-corrected chi connectivity index (χ1v) is 10.8. The van der Waals surface area contributed by atoms with E-state index in [0.29, 0.717) is 38.8 Å². The third-order valence-corrected chi connectivity index (χ3v) is 5.66. The van der Waals surface area contributed by atoms with E-state index < -0.39 is 0 Å². The van der Waals surface area contributed by atoms with Gasteiger partial charge in [-0.2, -0.15) is 5.10 Å². The van der Waals surface area contributed by atoms with Gasteiger partial charge in [0.05, 0.1) is 33.5 Å². The van der Waals surface area contributed by atoms with Gasteiger partial charge in [-0.25, -0.2) is 0 Å². The predicted molar refractivity (Wildman–Crippen MR) is 125 cm³/mol. The van der Waals surface area contributed by atoms with E-state index in [9.17, 15) is 4.79 Å². The van der Waals surface area contributed by atoms with Crippen LogP contribution in [0, 0.1) is 6.92 Å². The molecular formula is C23H18Cl3N3O3. The van der Waals surface area contributed by atoms with E-state index in [1.165, 1.54) is 0 Å². The first kappa shape index (κ1) is 22.3. The number of amides is 1. The molecule has 2 aromatic carbocycles. The quantitative estimate of drug-likeness (QED) is 0.316. The lowest BCUT2D eigenvalue weighted by Gasteiger charge is -2.09. The van der Waals surface area contributed by atoms with E-state index in [1.807, 2.05) is 25.1 Å². The number of anilines is 1. The minimum Gasteiger partial charge on any atom is -0.484 e. The summed E-state index contributed by atoms with van der Waals surface area (Å²) in [5.41, 5.74) is 2.39. The number of nitrogens with one attached hydrogen (secondary N) is 1. The fourth-order valence-corrected chi connectivity index (χ4v) is 3.65. The minimum absolute atomic E-state index is 0.152. The van der Waals surface area contributed by atoms with Crippen molar-refractivity contribution in [2.45, 2.75) is 20.1 Å². The number of rotatable bonds is 7. The normalized spacial score (nSPS) is 10.9. The van der Waals surface area contributed by atoms with Crippen LogP contribution in [0.15, 0.2) is 65.3 Å². The van der Waals surface area contributed by atoms with Crippen LogP contribution in [0.1, 0.15) is 27.4 Å². The van der Waals surface area contributed by atoms with Crippen molar-refractivity contribution in [1.82, 2.24) is 9.78 Å². The first-order valence-electron chi connectivity index (χ1n) is 9.63. The molecule has 164 valence electrons. The zero-order valence-corrected chi connectivity index (χ0v) is 19.2. The summed E-state index contributed by atoms with van der Waals surface area (Å²) in [4.78, 5) is 12.5. The molecule has 0 aliphatic carbocycles. The molecule has 0 aliphatic heterocycles. The van der Waals surface area contributed by atoms with Crippen molar-refractivity contribution in [3.63, 3.8) is 0 Å². The molecule has 32 heavy (non-hydrogen) atoms. The minimum atomic E-state index is -0.390. The van der Waals surface area contributed by atoms with E-state index in [0.717, 1.165) is 11.1 Å². The number of carbonyl (C=O) groups is 1. The summed E-state index contributed by atoms with van der Waals surface area (Å²) in [6, 6.07) is 14.2. The van der Waals surface area contributed by atoms with Gasteiger partial charge in [0, 0.05) is 6.20 Å². The molecule has 0 fully saturated rings. The summed E-state index contributed by atoms with van der Waals surface area (Å²) < 4.78 is 13.0. The molecule has 0 atom stereocenters. The van der Waals surface area contributed by atoms with Crippen LogP contribution in [-0.2, 0) is 13.2 Å². The molecule has 0 aliphatic rings. The molecule has 4 rings (SSSR count). The van der Waals surface area contributed by atoms with Crippen molar-refractivity contribution in [3.8, 4) is 5.75 Å². The predicted octanol–water partition coefficient (Wildman–Crippen LogP) is 6.62. The Morgan fingerprint density at radius 1 is 1.09 bits per heavy atom. The number of para-hydroxylation sites is 1. The molecule has 0 radical (unpaired) electrons. The van der Waals surface area contributed by atoms with Crippen molar-refractivity contribution < 1.29 is 13.9 Å². The molecule has 0 saturated heterocycles. The van der Waals surface area contributed by atoms with E-state index in [4.69, 9.17) is 44.0 Å². The Balaban J connectivity index is 1.35. The summed E-state index contributed by atoms with van der Waals surface area (Å²) >= 11 is 18.2. The summed E-state index contributed by atoms with van der Waals surface area (Å²) in [5, 5.41) is 8.52. The molecular weight excluding hydrogens is 473 g/mol. The van der Waals surface area contributed by atoms with Gasteiger partial charge in [-0.15, -0.1) is 0 Å². The van der Waals surface area contributed by atoms with Crippen LogP contribution in [0.25, 0.3) is 0 Å². The van der Waals surface area contributed by atoms with Crippen LogP contribution in [0.2, 0.25) is 15.1 Å². The summed E-state index contributed by atoms with van der Waals surface area (Å²) in [6.45, 7) is 2.54. The van der Waals surface area contributed by atoms with Crippen LogP contribution in [-0.4, -0.2) is 15.7 Å². The molecule has 9 heteroatoms. The zero-order valence-electron chi connectivity index (χ0n) is 16.9. The maximum absolute atomic E-state index is 12.5. The van der Waals surface area contributed by atoms with Gasteiger partial charge in [-0.1, -0.05) is 53.0 Å². The molecule has 0 bridgehead atoms. The second-order valence-corrected chi connectivity index (χ2v) is 8.29. The Labute approximate surface area is 199 Å². The maximum Gasteiger partial charge on any atom is 0.291 e. The molecule has 4 aromatic rings. The number of carbonyl (C=O) groups excluding carboxylic acids is 1. The second-order valence-electron chi connectivity index (χ2n) is 7.07. The average molecular weight is 491 g/mol. The Bertz CT molecular complexity index is 1250. The highest BCUT2D eigenvalue weighted by Gasteiger charge is 2.14. The SMILES string of the molecule is Cc1cccc(Cl)c1OCc1ccc(C(=O)Nc2cnn(Cc3ccc(Cl)c(Cl)c3)c2)o1. The number of furan rings is 1. The monoisotopic (exact) mass is 489 g/mol. The van der Waals surface area contributed by atoms with Gasteiger partial charge in [0.1, 0.15) is 18.1 Å². The van der Waals surface area contributed by atoms with Crippen LogP contribution in [0.3, 0.4) is 0 Å². The third-order valence-electron chi connectivity index (χ3n) is 4.63. The Morgan fingerprint density at radius 2 is 1.94 bits per heavy atom. The molecule has 0 saturated carbocycles. The maximum atomic E-state index is 12.5. The first-order chi connectivity index (χ1) is 15.4. The van der Waals surface area contributed by atoms with E-state index >= 15 is 0 Å². The Kier molecular flexibility index (Phi) is 6.74. The fourth-order valence-electron chi connectivity index (χ4n) is 3.05. The zero-order chi connectivity index (χ0) is 22.7. The van der Waals surface area contributed by atoms with Gasteiger partial charge in [-0.05, 0) is 48.4 Å². The van der Waals surface area contributed by atoms with Crippen molar-refractivity contribution in [2.24, 2.45) is 0 Å².